The lowest BCUT2D eigenvalue weighted by Gasteiger charge is -2.13. The van der Waals surface area contributed by atoms with Crippen LogP contribution in [0.4, 0.5) is 18.0 Å². The second-order valence-corrected chi connectivity index (χ2v) is 7.55. The molecule has 1 aliphatic carbocycles. The van der Waals surface area contributed by atoms with Crippen LogP contribution in [0.15, 0.2) is 60.7 Å². The Morgan fingerprint density at radius 2 is 1.80 bits per heavy atom. The van der Waals surface area contributed by atoms with Crippen molar-refractivity contribution in [2.24, 2.45) is 0 Å². The van der Waals surface area contributed by atoms with E-state index in [2.05, 4.69) is 10.3 Å². The lowest BCUT2D eigenvalue weighted by atomic mass is 9.99. The monoisotopic (exact) mass is 432 g/mol. The molecular formula is C22H16ClF3N2O2. The molecule has 0 unspecified atom stereocenters. The molecule has 1 aromatic heterocycles. The largest absolute Gasteiger partial charge is 0.465 e. The van der Waals surface area contributed by atoms with Gasteiger partial charge in [0.05, 0.1) is 17.0 Å². The number of alkyl halides is 3. The molecule has 1 saturated carbocycles. The standard InChI is InChI=1S/C22H16ClF3N2O2/c23-15-6-4-12(5-7-15)20-16(17-11-19(17)28-21(29)30)8-9-18(27-20)13-2-1-3-14(10-13)22(24,25)26/h1-10,17,19,28H,11H2,(H,29,30)/t17-,19+/m0/s1. The number of aromatic nitrogens is 1. The van der Waals surface area contributed by atoms with Crippen LogP contribution in [0.1, 0.15) is 23.5 Å². The molecule has 2 N–H and O–H groups in total. The Balaban J connectivity index is 1.77. The van der Waals surface area contributed by atoms with Crippen molar-refractivity contribution >= 4 is 17.7 Å². The van der Waals surface area contributed by atoms with Crippen LogP contribution >= 0.6 is 11.6 Å². The molecule has 8 heteroatoms. The van der Waals surface area contributed by atoms with Gasteiger partial charge in [0.15, 0.2) is 0 Å². The number of hydrogen-bond acceptors (Lipinski definition) is 2. The normalized spacial score (nSPS) is 18.1. The fourth-order valence-corrected chi connectivity index (χ4v) is 3.61. The summed E-state index contributed by atoms with van der Waals surface area (Å²) in [5.74, 6) is -0.0464. The number of carboxylic acid groups (broad SMARTS) is 1. The second-order valence-electron chi connectivity index (χ2n) is 7.12. The maximum absolute atomic E-state index is 13.1. The van der Waals surface area contributed by atoms with Crippen molar-refractivity contribution in [2.45, 2.75) is 24.6 Å². The summed E-state index contributed by atoms with van der Waals surface area (Å²) in [4.78, 5) is 15.6. The summed E-state index contributed by atoms with van der Waals surface area (Å²) in [7, 11) is 0. The number of halogens is 4. The lowest BCUT2D eigenvalue weighted by Crippen LogP contribution is -2.24. The SMILES string of the molecule is O=C(O)N[C@@H]1C[C@H]1c1ccc(-c2cccc(C(F)(F)F)c2)nc1-c1ccc(Cl)cc1. The summed E-state index contributed by atoms with van der Waals surface area (Å²) < 4.78 is 39.3. The summed E-state index contributed by atoms with van der Waals surface area (Å²) in [6.07, 6.45) is -4.90. The van der Waals surface area contributed by atoms with Crippen molar-refractivity contribution in [1.29, 1.82) is 0 Å². The van der Waals surface area contributed by atoms with Crippen molar-refractivity contribution in [3.05, 3.63) is 76.8 Å². The average molecular weight is 433 g/mol. The van der Waals surface area contributed by atoms with Gasteiger partial charge in [-0.1, -0.05) is 41.9 Å². The van der Waals surface area contributed by atoms with Gasteiger partial charge in [0.2, 0.25) is 0 Å². The van der Waals surface area contributed by atoms with Crippen LogP contribution in [0.5, 0.6) is 0 Å². The van der Waals surface area contributed by atoms with Crippen LogP contribution in [-0.4, -0.2) is 22.2 Å². The van der Waals surface area contributed by atoms with E-state index in [0.717, 1.165) is 23.3 Å². The van der Waals surface area contributed by atoms with Gasteiger partial charge in [-0.2, -0.15) is 13.2 Å². The van der Waals surface area contributed by atoms with Gasteiger partial charge in [-0.25, -0.2) is 9.78 Å². The Hall–Kier alpha value is -3.06. The predicted molar refractivity (Wildman–Crippen MR) is 107 cm³/mol. The molecule has 0 bridgehead atoms. The first kappa shape index (κ1) is 20.2. The highest BCUT2D eigenvalue weighted by Gasteiger charge is 2.41. The van der Waals surface area contributed by atoms with Crippen molar-refractivity contribution in [3.8, 4) is 22.5 Å². The number of nitrogens with one attached hydrogen (secondary N) is 1. The van der Waals surface area contributed by atoms with Crippen molar-refractivity contribution in [3.63, 3.8) is 0 Å². The van der Waals surface area contributed by atoms with E-state index >= 15 is 0 Å². The van der Waals surface area contributed by atoms with Crippen LogP contribution < -0.4 is 5.32 Å². The summed E-state index contributed by atoms with van der Waals surface area (Å²) in [5.41, 5.74) is 2.20. The molecule has 1 heterocycles. The van der Waals surface area contributed by atoms with Gasteiger partial charge < -0.3 is 10.4 Å². The van der Waals surface area contributed by atoms with Crippen molar-refractivity contribution < 1.29 is 23.1 Å². The summed E-state index contributed by atoms with van der Waals surface area (Å²) in [6, 6.07) is 15.3. The zero-order valence-electron chi connectivity index (χ0n) is 15.4. The molecule has 4 nitrogen and oxygen atoms in total. The molecule has 0 spiro atoms. The molecular weight excluding hydrogens is 417 g/mol. The van der Waals surface area contributed by atoms with E-state index in [1.807, 2.05) is 0 Å². The Bertz CT molecular complexity index is 1100. The fraction of sp³-hybridized carbons (Fsp3) is 0.182. The number of amides is 1. The van der Waals surface area contributed by atoms with Crippen LogP contribution in [0, 0.1) is 0 Å². The first-order chi connectivity index (χ1) is 14.2. The molecule has 4 rings (SSSR count). The molecule has 0 aliphatic heterocycles. The van der Waals surface area contributed by atoms with Gasteiger partial charge in [-0.3, -0.25) is 0 Å². The number of pyridine rings is 1. The molecule has 154 valence electrons. The van der Waals surface area contributed by atoms with E-state index in [1.54, 1.807) is 42.5 Å². The van der Waals surface area contributed by atoms with E-state index in [-0.39, 0.29) is 12.0 Å². The molecule has 1 fully saturated rings. The summed E-state index contributed by atoms with van der Waals surface area (Å²) in [6.45, 7) is 0. The van der Waals surface area contributed by atoms with Gasteiger partial charge >= 0.3 is 12.3 Å². The maximum Gasteiger partial charge on any atom is 0.416 e. The fourth-order valence-electron chi connectivity index (χ4n) is 3.48. The minimum atomic E-state index is -4.45. The Morgan fingerprint density at radius 1 is 1.07 bits per heavy atom. The first-order valence-corrected chi connectivity index (χ1v) is 9.54. The van der Waals surface area contributed by atoms with E-state index in [4.69, 9.17) is 16.7 Å². The van der Waals surface area contributed by atoms with E-state index < -0.39 is 17.8 Å². The average Bonchev–Trinajstić information content (AvgIpc) is 3.45. The molecule has 1 amide bonds. The number of carbonyl (C=O) groups is 1. The highest BCUT2D eigenvalue weighted by atomic mass is 35.5. The minimum Gasteiger partial charge on any atom is -0.465 e. The highest BCUT2D eigenvalue weighted by molar-refractivity contribution is 6.30. The van der Waals surface area contributed by atoms with Crippen LogP contribution in [-0.2, 0) is 6.18 Å². The Labute approximate surface area is 175 Å². The molecule has 0 radical (unpaired) electrons. The maximum atomic E-state index is 13.1. The van der Waals surface area contributed by atoms with E-state index in [1.165, 1.54) is 6.07 Å². The van der Waals surface area contributed by atoms with Crippen molar-refractivity contribution in [1.82, 2.24) is 10.3 Å². The van der Waals surface area contributed by atoms with E-state index in [9.17, 15) is 18.0 Å². The smallest absolute Gasteiger partial charge is 0.416 e. The second kappa shape index (κ2) is 7.65. The zero-order chi connectivity index (χ0) is 21.5. The third-order valence-electron chi connectivity index (χ3n) is 5.03. The molecule has 2 atom stereocenters. The quantitative estimate of drug-likeness (QED) is 0.515. The summed E-state index contributed by atoms with van der Waals surface area (Å²) >= 11 is 5.98. The number of hydrogen-bond donors (Lipinski definition) is 2. The number of rotatable bonds is 4. The molecule has 2 aromatic carbocycles. The topological polar surface area (TPSA) is 62.2 Å². The third-order valence-corrected chi connectivity index (χ3v) is 5.28. The summed E-state index contributed by atoms with van der Waals surface area (Å²) in [5, 5.41) is 12.0. The molecule has 0 saturated heterocycles. The number of benzene rings is 2. The van der Waals surface area contributed by atoms with Gasteiger partial charge in [-0.05, 0) is 42.3 Å². The molecule has 30 heavy (non-hydrogen) atoms. The highest BCUT2D eigenvalue weighted by Crippen LogP contribution is 2.45. The van der Waals surface area contributed by atoms with Gasteiger partial charge in [0.25, 0.3) is 0 Å². The van der Waals surface area contributed by atoms with Crippen LogP contribution in [0.25, 0.3) is 22.5 Å². The predicted octanol–water partition coefficient (Wildman–Crippen LogP) is 6.21. The first-order valence-electron chi connectivity index (χ1n) is 9.16. The van der Waals surface area contributed by atoms with E-state index in [0.29, 0.717) is 28.4 Å². The third kappa shape index (κ3) is 4.26. The van der Waals surface area contributed by atoms with Gasteiger partial charge in [-0.15, -0.1) is 0 Å². The Morgan fingerprint density at radius 3 is 2.47 bits per heavy atom. The Kier molecular flexibility index (Phi) is 5.15. The van der Waals surface area contributed by atoms with Gasteiger partial charge in [0, 0.05) is 28.1 Å². The van der Waals surface area contributed by atoms with Crippen LogP contribution in [0.2, 0.25) is 5.02 Å². The zero-order valence-corrected chi connectivity index (χ0v) is 16.2. The minimum absolute atomic E-state index is 0.0464. The lowest BCUT2D eigenvalue weighted by molar-refractivity contribution is -0.137. The number of nitrogens with zero attached hydrogens (tertiary/aromatic N) is 1. The molecule has 1 aliphatic rings. The van der Waals surface area contributed by atoms with Gasteiger partial charge in [0.1, 0.15) is 0 Å². The van der Waals surface area contributed by atoms with Crippen molar-refractivity contribution in [2.75, 3.05) is 0 Å². The molecule has 3 aromatic rings. The van der Waals surface area contributed by atoms with Crippen LogP contribution in [0.3, 0.4) is 0 Å².